The first-order chi connectivity index (χ1) is 10.2. The fourth-order valence-electron chi connectivity index (χ4n) is 2.50. The first kappa shape index (κ1) is 16.0. The summed E-state index contributed by atoms with van der Waals surface area (Å²) in [7, 11) is 1.61. The molecule has 0 aromatic carbocycles. The van der Waals surface area contributed by atoms with Crippen LogP contribution in [0, 0.1) is 6.92 Å². The molecule has 1 aliphatic carbocycles. The predicted octanol–water partition coefficient (Wildman–Crippen LogP) is 1.88. The quantitative estimate of drug-likeness (QED) is 0.747. The summed E-state index contributed by atoms with van der Waals surface area (Å²) >= 11 is 0. The van der Waals surface area contributed by atoms with E-state index >= 15 is 0 Å². The molecular formula is C15H26N4O2. The minimum Gasteiger partial charge on any atom is -0.481 e. The van der Waals surface area contributed by atoms with Crippen molar-refractivity contribution in [1.82, 2.24) is 9.97 Å². The zero-order chi connectivity index (χ0) is 15.1. The Bertz CT molecular complexity index is 434. The molecular weight excluding hydrogens is 268 g/mol. The number of nitrogens with zero attached hydrogens (tertiary/aromatic N) is 2. The van der Waals surface area contributed by atoms with Crippen molar-refractivity contribution in [1.29, 1.82) is 0 Å². The third-order valence-electron chi connectivity index (χ3n) is 3.72. The van der Waals surface area contributed by atoms with Gasteiger partial charge in [-0.25, -0.2) is 4.98 Å². The van der Waals surface area contributed by atoms with Gasteiger partial charge in [0, 0.05) is 31.0 Å². The molecule has 2 rings (SSSR count). The number of methoxy groups -OCH3 is 1. The summed E-state index contributed by atoms with van der Waals surface area (Å²) in [6.07, 6.45) is 5.67. The first-order valence-corrected chi connectivity index (χ1v) is 7.68. The maximum absolute atomic E-state index is 5.88. The van der Waals surface area contributed by atoms with Crippen molar-refractivity contribution in [2.45, 2.75) is 51.2 Å². The Morgan fingerprint density at radius 1 is 1.29 bits per heavy atom. The number of anilines is 1. The van der Waals surface area contributed by atoms with Crippen LogP contribution in [0.4, 0.5) is 5.95 Å². The molecule has 0 amide bonds. The van der Waals surface area contributed by atoms with E-state index in [0.717, 1.165) is 50.9 Å². The molecule has 1 saturated carbocycles. The van der Waals surface area contributed by atoms with Gasteiger partial charge in [0.05, 0.1) is 13.2 Å². The Morgan fingerprint density at radius 3 is 2.76 bits per heavy atom. The summed E-state index contributed by atoms with van der Waals surface area (Å²) in [4.78, 5) is 8.57. The molecule has 21 heavy (non-hydrogen) atoms. The van der Waals surface area contributed by atoms with Gasteiger partial charge in [-0.15, -0.1) is 0 Å². The van der Waals surface area contributed by atoms with Crippen LogP contribution < -0.4 is 15.8 Å². The van der Waals surface area contributed by atoms with Crippen molar-refractivity contribution >= 4 is 5.95 Å². The number of rotatable bonds is 7. The molecule has 0 saturated heterocycles. The molecule has 0 radical (unpaired) electrons. The minimum absolute atomic E-state index is 0.375. The highest BCUT2D eigenvalue weighted by Crippen LogP contribution is 2.19. The summed E-state index contributed by atoms with van der Waals surface area (Å²) in [6, 6.07) is 2.18. The summed E-state index contributed by atoms with van der Waals surface area (Å²) in [5.74, 6) is 1.19. The summed E-state index contributed by atoms with van der Waals surface area (Å²) in [6.45, 7) is 3.47. The van der Waals surface area contributed by atoms with E-state index in [9.17, 15) is 0 Å². The molecule has 0 atom stereocenters. The van der Waals surface area contributed by atoms with Crippen LogP contribution in [0.15, 0.2) is 6.07 Å². The minimum atomic E-state index is 0.375. The van der Waals surface area contributed by atoms with Gasteiger partial charge in [-0.3, -0.25) is 0 Å². The van der Waals surface area contributed by atoms with Crippen LogP contribution >= 0.6 is 0 Å². The molecule has 0 aliphatic heterocycles. The highest BCUT2D eigenvalue weighted by Gasteiger charge is 2.18. The molecule has 1 fully saturated rings. The largest absolute Gasteiger partial charge is 0.481 e. The lowest BCUT2D eigenvalue weighted by Crippen LogP contribution is -2.30. The summed E-state index contributed by atoms with van der Waals surface area (Å²) < 4.78 is 11.0. The van der Waals surface area contributed by atoms with Crippen molar-refractivity contribution in [3.05, 3.63) is 11.8 Å². The van der Waals surface area contributed by atoms with Crippen molar-refractivity contribution in [3.8, 4) is 5.88 Å². The van der Waals surface area contributed by atoms with E-state index in [1.54, 1.807) is 7.11 Å². The van der Waals surface area contributed by atoms with Crippen LogP contribution in [0.25, 0.3) is 0 Å². The van der Waals surface area contributed by atoms with Gasteiger partial charge in [0.1, 0.15) is 0 Å². The highest BCUT2D eigenvalue weighted by atomic mass is 16.5. The Labute approximate surface area is 126 Å². The molecule has 0 spiro atoms. The third-order valence-corrected chi connectivity index (χ3v) is 3.72. The van der Waals surface area contributed by atoms with Crippen LogP contribution in [0.1, 0.15) is 37.8 Å². The second kappa shape index (κ2) is 8.14. The van der Waals surface area contributed by atoms with E-state index in [0.29, 0.717) is 24.0 Å². The van der Waals surface area contributed by atoms with Crippen LogP contribution in [-0.2, 0) is 4.74 Å². The van der Waals surface area contributed by atoms with E-state index < -0.39 is 0 Å². The van der Waals surface area contributed by atoms with Crippen molar-refractivity contribution < 1.29 is 9.47 Å². The van der Waals surface area contributed by atoms with Gasteiger partial charge in [-0.1, -0.05) is 0 Å². The van der Waals surface area contributed by atoms with Gasteiger partial charge in [-0.05, 0) is 39.0 Å². The fraction of sp³-hybridized carbons (Fsp3) is 0.733. The first-order valence-electron chi connectivity index (χ1n) is 7.68. The number of nitrogens with two attached hydrogens (primary N) is 1. The monoisotopic (exact) mass is 294 g/mol. The number of hydrogen-bond donors (Lipinski definition) is 2. The predicted molar refractivity (Wildman–Crippen MR) is 82.6 cm³/mol. The summed E-state index contributed by atoms with van der Waals surface area (Å²) in [5, 5.41) is 3.20. The molecule has 6 heteroatoms. The maximum atomic E-state index is 5.88. The Morgan fingerprint density at radius 2 is 2.05 bits per heavy atom. The molecule has 1 heterocycles. The average molecular weight is 294 g/mol. The number of aromatic nitrogens is 2. The number of ether oxygens (including phenoxy) is 2. The second-order valence-electron chi connectivity index (χ2n) is 5.56. The molecule has 0 bridgehead atoms. The zero-order valence-corrected chi connectivity index (χ0v) is 13.0. The van der Waals surface area contributed by atoms with E-state index in [4.69, 9.17) is 15.2 Å². The molecule has 1 aromatic heterocycles. The zero-order valence-electron chi connectivity index (χ0n) is 13.0. The standard InChI is InChI=1S/C15H26N4O2/c1-11-10-14(20-2)19-15(18-11)17-8-3-9-21-13-6-4-12(16)5-7-13/h10,12-13H,3-9,16H2,1-2H3,(H,17,18,19). The van der Waals surface area contributed by atoms with Gasteiger partial charge in [0.15, 0.2) is 0 Å². The topological polar surface area (TPSA) is 82.3 Å². The van der Waals surface area contributed by atoms with E-state index in [-0.39, 0.29) is 0 Å². The second-order valence-corrected chi connectivity index (χ2v) is 5.56. The third kappa shape index (κ3) is 5.47. The smallest absolute Gasteiger partial charge is 0.226 e. The van der Waals surface area contributed by atoms with Crippen LogP contribution in [-0.4, -0.2) is 42.4 Å². The van der Waals surface area contributed by atoms with Gasteiger partial charge in [0.25, 0.3) is 0 Å². The lowest BCUT2D eigenvalue weighted by atomic mass is 9.94. The van der Waals surface area contributed by atoms with Gasteiger partial charge in [0.2, 0.25) is 11.8 Å². The van der Waals surface area contributed by atoms with Gasteiger partial charge < -0.3 is 20.5 Å². The lowest BCUT2D eigenvalue weighted by Gasteiger charge is -2.26. The van der Waals surface area contributed by atoms with Crippen LogP contribution in [0.2, 0.25) is 0 Å². The molecule has 6 nitrogen and oxygen atoms in total. The van der Waals surface area contributed by atoms with Gasteiger partial charge in [-0.2, -0.15) is 4.98 Å². The number of aryl methyl sites for hydroxylation is 1. The maximum Gasteiger partial charge on any atom is 0.226 e. The lowest BCUT2D eigenvalue weighted by molar-refractivity contribution is 0.0251. The molecule has 3 N–H and O–H groups in total. The Hall–Kier alpha value is -1.40. The van der Waals surface area contributed by atoms with E-state index in [2.05, 4.69) is 15.3 Å². The van der Waals surface area contributed by atoms with Gasteiger partial charge >= 0.3 is 0 Å². The van der Waals surface area contributed by atoms with E-state index in [1.807, 2.05) is 13.0 Å². The van der Waals surface area contributed by atoms with Crippen molar-refractivity contribution in [2.75, 3.05) is 25.6 Å². The molecule has 1 aliphatic rings. The molecule has 1 aromatic rings. The van der Waals surface area contributed by atoms with Crippen LogP contribution in [0.5, 0.6) is 5.88 Å². The SMILES string of the molecule is COc1cc(C)nc(NCCCOC2CCC(N)CC2)n1. The number of nitrogens with one attached hydrogen (secondary N) is 1. The average Bonchev–Trinajstić information content (AvgIpc) is 2.48. The number of hydrogen-bond acceptors (Lipinski definition) is 6. The highest BCUT2D eigenvalue weighted by molar-refractivity contribution is 5.30. The normalized spacial score (nSPS) is 22.0. The summed E-state index contributed by atoms with van der Waals surface area (Å²) in [5.41, 5.74) is 6.77. The van der Waals surface area contributed by atoms with E-state index in [1.165, 1.54) is 0 Å². The fourth-order valence-corrected chi connectivity index (χ4v) is 2.50. The Balaban J connectivity index is 1.62. The Kier molecular flexibility index (Phi) is 6.20. The van der Waals surface area contributed by atoms with Crippen LogP contribution in [0.3, 0.4) is 0 Å². The molecule has 0 unspecified atom stereocenters. The van der Waals surface area contributed by atoms with Crippen molar-refractivity contribution in [2.24, 2.45) is 5.73 Å². The molecule has 118 valence electrons. The van der Waals surface area contributed by atoms with Crippen molar-refractivity contribution in [3.63, 3.8) is 0 Å².